The highest BCUT2D eigenvalue weighted by atomic mass is 16.1. The van der Waals surface area contributed by atoms with Crippen molar-refractivity contribution in [1.29, 1.82) is 0 Å². The van der Waals surface area contributed by atoms with Crippen LogP contribution in [0.1, 0.15) is 52.9 Å². The predicted molar refractivity (Wildman–Crippen MR) is 91.2 cm³/mol. The van der Waals surface area contributed by atoms with E-state index in [9.17, 15) is 14.4 Å². The summed E-state index contributed by atoms with van der Waals surface area (Å²) in [4.78, 5) is 37.1. The Balaban J connectivity index is 1.79. The highest BCUT2D eigenvalue weighted by molar-refractivity contribution is 6.01. The Hall–Kier alpha value is -1.77. The van der Waals surface area contributed by atoms with Crippen molar-refractivity contribution in [2.24, 2.45) is 22.7 Å². The molecular formula is C21H24O3. The second-order valence-corrected chi connectivity index (χ2v) is 8.47. The van der Waals surface area contributed by atoms with E-state index in [1.54, 1.807) is 6.92 Å². The molecule has 4 aliphatic carbocycles. The Morgan fingerprint density at radius 2 is 1.96 bits per heavy atom. The molecule has 0 aromatic heterocycles. The summed E-state index contributed by atoms with van der Waals surface area (Å²) in [6, 6.07) is 0. The molecule has 2 fully saturated rings. The fourth-order valence-electron chi connectivity index (χ4n) is 5.75. The molecule has 0 saturated heterocycles. The highest BCUT2D eigenvalue weighted by Crippen LogP contribution is 2.61. The predicted octanol–water partition coefficient (Wildman–Crippen LogP) is 3.74. The Labute approximate surface area is 142 Å². The molecule has 0 spiro atoms. The van der Waals surface area contributed by atoms with Crippen LogP contribution < -0.4 is 0 Å². The van der Waals surface area contributed by atoms with Gasteiger partial charge in [-0.2, -0.15) is 0 Å². The standard InChI is InChI=1S/C21H24O3/c1-12(22)16-6-7-17-15-5-4-13-10-14(23)8-9-20(13,2)19(15)18(24)11-21(16,17)3/h5-7,13,19H,4,8-11H2,1-3H3/t13?,19-,20+,21-/m1/s1. The normalized spacial score (nSPS) is 40.9. The molecule has 3 nitrogen and oxygen atoms in total. The van der Waals surface area contributed by atoms with Gasteiger partial charge >= 0.3 is 0 Å². The molecule has 0 aromatic carbocycles. The average Bonchev–Trinajstić information content (AvgIpc) is 2.84. The molecule has 24 heavy (non-hydrogen) atoms. The molecular weight excluding hydrogens is 300 g/mol. The number of carbonyl (C=O) groups excluding carboxylic acids is 3. The molecule has 0 radical (unpaired) electrons. The van der Waals surface area contributed by atoms with E-state index in [0.29, 0.717) is 25.0 Å². The number of Topliss-reactive ketones (excluding diaryl/α,β-unsaturated/α-hetero) is 3. The van der Waals surface area contributed by atoms with E-state index in [1.807, 2.05) is 13.0 Å². The van der Waals surface area contributed by atoms with Crippen molar-refractivity contribution in [3.8, 4) is 0 Å². The topological polar surface area (TPSA) is 51.2 Å². The summed E-state index contributed by atoms with van der Waals surface area (Å²) in [6.07, 6.45) is 9.43. The summed E-state index contributed by atoms with van der Waals surface area (Å²) in [6.45, 7) is 5.83. The Bertz CT molecular complexity index is 766. The van der Waals surface area contributed by atoms with Gasteiger partial charge < -0.3 is 0 Å². The van der Waals surface area contributed by atoms with Crippen LogP contribution in [-0.2, 0) is 14.4 Å². The minimum absolute atomic E-state index is 0.0544. The first-order valence-electron chi connectivity index (χ1n) is 8.96. The fourth-order valence-corrected chi connectivity index (χ4v) is 5.75. The Kier molecular flexibility index (Phi) is 3.20. The zero-order valence-electron chi connectivity index (χ0n) is 14.6. The monoisotopic (exact) mass is 324 g/mol. The summed E-state index contributed by atoms with van der Waals surface area (Å²) < 4.78 is 0. The lowest BCUT2D eigenvalue weighted by molar-refractivity contribution is -0.136. The summed E-state index contributed by atoms with van der Waals surface area (Å²) in [5, 5.41) is 0. The van der Waals surface area contributed by atoms with Crippen LogP contribution >= 0.6 is 0 Å². The molecule has 0 heterocycles. The molecule has 4 rings (SSSR count). The molecule has 126 valence electrons. The van der Waals surface area contributed by atoms with E-state index in [2.05, 4.69) is 19.1 Å². The van der Waals surface area contributed by atoms with Gasteiger partial charge in [-0.25, -0.2) is 0 Å². The molecule has 0 aromatic rings. The van der Waals surface area contributed by atoms with Gasteiger partial charge in [-0.3, -0.25) is 14.4 Å². The van der Waals surface area contributed by atoms with Crippen LogP contribution in [0.2, 0.25) is 0 Å². The fraction of sp³-hybridized carbons (Fsp3) is 0.571. The highest BCUT2D eigenvalue weighted by Gasteiger charge is 2.57. The Morgan fingerprint density at radius 1 is 1.21 bits per heavy atom. The van der Waals surface area contributed by atoms with Gasteiger partial charge in [0.1, 0.15) is 11.6 Å². The second-order valence-electron chi connectivity index (χ2n) is 8.47. The zero-order chi connectivity index (χ0) is 17.3. The molecule has 2 saturated carbocycles. The maximum atomic E-state index is 13.2. The second kappa shape index (κ2) is 4.87. The number of hydrogen-bond acceptors (Lipinski definition) is 3. The molecule has 0 aliphatic heterocycles. The maximum Gasteiger partial charge on any atom is 0.156 e. The van der Waals surface area contributed by atoms with Gasteiger partial charge in [0.25, 0.3) is 0 Å². The van der Waals surface area contributed by atoms with Crippen molar-refractivity contribution < 1.29 is 14.4 Å². The van der Waals surface area contributed by atoms with Gasteiger partial charge in [0.15, 0.2) is 5.78 Å². The van der Waals surface area contributed by atoms with Crippen LogP contribution in [0.15, 0.2) is 34.9 Å². The van der Waals surface area contributed by atoms with E-state index in [4.69, 9.17) is 0 Å². The number of fused-ring (bicyclic) bond motifs is 5. The molecule has 1 unspecified atom stereocenters. The van der Waals surface area contributed by atoms with Crippen LogP contribution in [0.5, 0.6) is 0 Å². The van der Waals surface area contributed by atoms with Crippen molar-refractivity contribution in [2.45, 2.75) is 52.9 Å². The Morgan fingerprint density at radius 3 is 2.67 bits per heavy atom. The molecule has 0 N–H and O–H groups in total. The van der Waals surface area contributed by atoms with Gasteiger partial charge in [0.2, 0.25) is 0 Å². The first-order valence-corrected chi connectivity index (χ1v) is 8.96. The van der Waals surface area contributed by atoms with Crippen LogP contribution in [-0.4, -0.2) is 17.3 Å². The lowest BCUT2D eigenvalue weighted by Crippen LogP contribution is -2.51. The molecule has 0 amide bonds. The largest absolute Gasteiger partial charge is 0.300 e. The zero-order valence-corrected chi connectivity index (χ0v) is 14.6. The number of rotatable bonds is 1. The third-order valence-corrected chi connectivity index (χ3v) is 7.09. The quantitative estimate of drug-likeness (QED) is 0.738. The van der Waals surface area contributed by atoms with Crippen molar-refractivity contribution >= 4 is 17.3 Å². The number of carbonyl (C=O) groups is 3. The smallest absolute Gasteiger partial charge is 0.156 e. The summed E-state index contributed by atoms with van der Waals surface area (Å²) >= 11 is 0. The van der Waals surface area contributed by atoms with E-state index in [1.165, 1.54) is 0 Å². The number of ketones is 3. The first kappa shape index (κ1) is 15.7. The third-order valence-electron chi connectivity index (χ3n) is 7.09. The van der Waals surface area contributed by atoms with Crippen LogP contribution in [0.3, 0.4) is 0 Å². The molecule has 3 heteroatoms. The minimum atomic E-state index is -0.459. The summed E-state index contributed by atoms with van der Waals surface area (Å²) in [5.41, 5.74) is 2.48. The van der Waals surface area contributed by atoms with Crippen molar-refractivity contribution in [3.05, 3.63) is 34.9 Å². The third kappa shape index (κ3) is 1.87. The summed E-state index contributed by atoms with van der Waals surface area (Å²) in [5.74, 6) is 0.810. The van der Waals surface area contributed by atoms with E-state index in [0.717, 1.165) is 29.6 Å². The number of allylic oxidation sites excluding steroid dienone is 6. The number of hydrogen-bond donors (Lipinski definition) is 0. The van der Waals surface area contributed by atoms with Gasteiger partial charge in [0, 0.05) is 36.2 Å². The van der Waals surface area contributed by atoms with Gasteiger partial charge in [-0.1, -0.05) is 32.1 Å². The van der Waals surface area contributed by atoms with E-state index >= 15 is 0 Å². The first-order chi connectivity index (χ1) is 11.3. The van der Waals surface area contributed by atoms with Gasteiger partial charge in [-0.15, -0.1) is 0 Å². The average molecular weight is 324 g/mol. The van der Waals surface area contributed by atoms with Crippen LogP contribution in [0.4, 0.5) is 0 Å². The van der Waals surface area contributed by atoms with Crippen molar-refractivity contribution in [2.75, 3.05) is 0 Å². The van der Waals surface area contributed by atoms with Crippen LogP contribution in [0.25, 0.3) is 0 Å². The van der Waals surface area contributed by atoms with Crippen LogP contribution in [0, 0.1) is 22.7 Å². The van der Waals surface area contributed by atoms with E-state index in [-0.39, 0.29) is 28.8 Å². The van der Waals surface area contributed by atoms with Gasteiger partial charge in [0.05, 0.1) is 0 Å². The van der Waals surface area contributed by atoms with Crippen molar-refractivity contribution in [3.63, 3.8) is 0 Å². The molecule has 4 atom stereocenters. The lowest BCUT2D eigenvalue weighted by Gasteiger charge is -2.53. The SMILES string of the molecule is CC(=O)C1=CC=C2C3=CCC4CC(=O)CC[C@]4(C)[C@H]3C(=O)C[C@]12C. The molecule has 0 bridgehead atoms. The van der Waals surface area contributed by atoms with Crippen molar-refractivity contribution in [1.82, 2.24) is 0 Å². The van der Waals surface area contributed by atoms with E-state index < -0.39 is 5.41 Å². The maximum absolute atomic E-state index is 13.2. The molecule has 4 aliphatic rings. The lowest BCUT2D eigenvalue weighted by atomic mass is 9.49. The minimum Gasteiger partial charge on any atom is -0.300 e. The van der Waals surface area contributed by atoms with Gasteiger partial charge in [-0.05, 0) is 42.2 Å². The summed E-state index contributed by atoms with van der Waals surface area (Å²) in [7, 11) is 0.